The topological polar surface area (TPSA) is 53.4 Å². The molecule has 6 heteroatoms. The summed E-state index contributed by atoms with van der Waals surface area (Å²) in [5.74, 6) is -0.855. The summed E-state index contributed by atoms with van der Waals surface area (Å²) in [6.45, 7) is 0.960. The molecule has 1 unspecified atom stereocenters. The van der Waals surface area contributed by atoms with Gasteiger partial charge in [0.05, 0.1) is 11.8 Å². The summed E-state index contributed by atoms with van der Waals surface area (Å²) >= 11 is 0. The van der Waals surface area contributed by atoms with Crippen LogP contribution in [0.1, 0.15) is 23.3 Å². The van der Waals surface area contributed by atoms with Crippen LogP contribution in [0, 0.1) is 5.82 Å². The highest BCUT2D eigenvalue weighted by Gasteiger charge is 2.19. The lowest BCUT2D eigenvalue weighted by Gasteiger charge is -2.08. The molecule has 3 rings (SSSR count). The number of carbonyl (C=O) groups is 1. The monoisotopic (exact) mass is 290 g/mol. The van der Waals surface area contributed by atoms with Gasteiger partial charge in [-0.3, -0.25) is 0 Å². The first kappa shape index (κ1) is 13.8. The molecule has 2 aromatic rings. The zero-order valence-corrected chi connectivity index (χ0v) is 11.4. The van der Waals surface area contributed by atoms with Gasteiger partial charge in [-0.1, -0.05) is 6.07 Å². The number of benzene rings is 1. The Balaban J connectivity index is 1.65. The summed E-state index contributed by atoms with van der Waals surface area (Å²) < 4.78 is 25.2. The fraction of sp³-hybridized carbons (Fsp3) is 0.333. The average molecular weight is 290 g/mol. The Morgan fingerprint density at radius 3 is 3.14 bits per heavy atom. The van der Waals surface area contributed by atoms with Gasteiger partial charge in [-0.05, 0) is 37.1 Å². The molecule has 0 saturated carbocycles. The van der Waals surface area contributed by atoms with E-state index in [-0.39, 0.29) is 24.2 Å². The summed E-state index contributed by atoms with van der Waals surface area (Å²) in [5.41, 5.74) is 0.741. The fourth-order valence-electron chi connectivity index (χ4n) is 2.21. The summed E-state index contributed by atoms with van der Waals surface area (Å²) in [4.78, 5) is 11.9. The molecular formula is C15H15FN2O3. The zero-order valence-electron chi connectivity index (χ0n) is 11.4. The summed E-state index contributed by atoms with van der Waals surface area (Å²) in [5, 5.41) is 4.10. The number of rotatable bonds is 4. The number of aromatic nitrogens is 2. The maximum absolute atomic E-state index is 13.2. The van der Waals surface area contributed by atoms with E-state index in [2.05, 4.69) is 5.10 Å². The number of halogens is 1. The second kappa shape index (κ2) is 6.05. The maximum atomic E-state index is 13.2. The maximum Gasteiger partial charge on any atom is 0.358 e. The van der Waals surface area contributed by atoms with Gasteiger partial charge >= 0.3 is 5.97 Å². The Bertz CT molecular complexity index is 635. The van der Waals surface area contributed by atoms with E-state index in [9.17, 15) is 9.18 Å². The lowest BCUT2D eigenvalue weighted by atomic mass is 10.2. The predicted molar refractivity (Wildman–Crippen MR) is 72.8 cm³/mol. The van der Waals surface area contributed by atoms with Gasteiger partial charge in [0.1, 0.15) is 12.4 Å². The van der Waals surface area contributed by atoms with Crippen LogP contribution >= 0.6 is 0 Å². The fourth-order valence-corrected chi connectivity index (χ4v) is 2.21. The van der Waals surface area contributed by atoms with Crippen molar-refractivity contribution < 1.29 is 18.7 Å². The van der Waals surface area contributed by atoms with E-state index < -0.39 is 5.97 Å². The van der Waals surface area contributed by atoms with Crippen LogP contribution < -0.4 is 0 Å². The molecule has 0 radical (unpaired) electrons. The van der Waals surface area contributed by atoms with Crippen molar-refractivity contribution in [2.45, 2.75) is 18.9 Å². The molecule has 0 aliphatic carbocycles. The second-order valence-electron chi connectivity index (χ2n) is 4.86. The van der Waals surface area contributed by atoms with Crippen LogP contribution in [-0.2, 0) is 9.47 Å². The van der Waals surface area contributed by atoms with Gasteiger partial charge in [0.2, 0.25) is 0 Å². The number of nitrogens with zero attached hydrogens (tertiary/aromatic N) is 2. The van der Waals surface area contributed by atoms with Gasteiger partial charge in [0.25, 0.3) is 0 Å². The third-order valence-corrected chi connectivity index (χ3v) is 3.30. The number of esters is 1. The van der Waals surface area contributed by atoms with E-state index in [1.54, 1.807) is 24.4 Å². The van der Waals surface area contributed by atoms with Crippen LogP contribution in [-0.4, -0.2) is 35.1 Å². The second-order valence-corrected chi connectivity index (χ2v) is 4.86. The molecule has 0 bridgehead atoms. The van der Waals surface area contributed by atoms with Crippen LogP contribution in [0.4, 0.5) is 4.39 Å². The van der Waals surface area contributed by atoms with Gasteiger partial charge in [0.15, 0.2) is 5.69 Å². The normalized spacial score (nSPS) is 17.9. The minimum absolute atomic E-state index is 0.0146. The molecule has 0 amide bonds. The summed E-state index contributed by atoms with van der Waals surface area (Å²) in [6, 6.07) is 7.53. The summed E-state index contributed by atoms with van der Waals surface area (Å²) in [7, 11) is 0. The molecule has 2 heterocycles. The Labute approximate surface area is 121 Å². The minimum Gasteiger partial charge on any atom is -0.458 e. The van der Waals surface area contributed by atoms with E-state index >= 15 is 0 Å². The molecule has 0 spiro atoms. The highest BCUT2D eigenvalue weighted by Crippen LogP contribution is 2.13. The molecule has 1 aromatic carbocycles. The first-order chi connectivity index (χ1) is 10.2. The SMILES string of the molecule is O=C(OCC1CCCO1)c1ccn(-c2cccc(F)c2)n1. The van der Waals surface area contributed by atoms with E-state index in [1.807, 2.05) is 0 Å². The van der Waals surface area contributed by atoms with Crippen molar-refractivity contribution in [2.75, 3.05) is 13.2 Å². The van der Waals surface area contributed by atoms with E-state index in [0.29, 0.717) is 5.69 Å². The van der Waals surface area contributed by atoms with Crippen molar-refractivity contribution in [3.8, 4) is 5.69 Å². The third kappa shape index (κ3) is 3.28. The molecule has 1 aliphatic heterocycles. The van der Waals surface area contributed by atoms with Gasteiger partial charge in [-0.2, -0.15) is 5.10 Å². The first-order valence-corrected chi connectivity index (χ1v) is 6.83. The summed E-state index contributed by atoms with van der Waals surface area (Å²) in [6.07, 6.45) is 3.48. The van der Waals surface area contributed by atoms with Crippen LogP contribution in [0.25, 0.3) is 5.69 Å². The number of hydrogen-bond acceptors (Lipinski definition) is 4. The molecule has 0 N–H and O–H groups in total. The van der Waals surface area contributed by atoms with Crippen LogP contribution in [0.5, 0.6) is 0 Å². The minimum atomic E-state index is -0.499. The van der Waals surface area contributed by atoms with Gasteiger partial charge < -0.3 is 9.47 Å². The smallest absolute Gasteiger partial charge is 0.358 e. The van der Waals surface area contributed by atoms with Crippen molar-refractivity contribution in [3.05, 3.63) is 48.0 Å². The first-order valence-electron chi connectivity index (χ1n) is 6.83. The van der Waals surface area contributed by atoms with Crippen molar-refractivity contribution in [3.63, 3.8) is 0 Å². The molecule has 1 aliphatic rings. The molecular weight excluding hydrogens is 275 g/mol. The van der Waals surface area contributed by atoms with Crippen LogP contribution in [0.3, 0.4) is 0 Å². The number of carbonyl (C=O) groups excluding carboxylic acids is 1. The molecule has 1 aromatic heterocycles. The Morgan fingerprint density at radius 2 is 2.38 bits per heavy atom. The van der Waals surface area contributed by atoms with Gasteiger partial charge in [0, 0.05) is 12.8 Å². The van der Waals surface area contributed by atoms with Crippen LogP contribution in [0.2, 0.25) is 0 Å². The van der Waals surface area contributed by atoms with Crippen molar-refractivity contribution in [1.82, 2.24) is 9.78 Å². The predicted octanol–water partition coefficient (Wildman–Crippen LogP) is 2.35. The third-order valence-electron chi connectivity index (χ3n) is 3.30. The van der Waals surface area contributed by atoms with Crippen molar-refractivity contribution in [2.24, 2.45) is 0 Å². The molecule has 5 nitrogen and oxygen atoms in total. The highest BCUT2D eigenvalue weighted by molar-refractivity contribution is 5.87. The zero-order chi connectivity index (χ0) is 14.7. The Morgan fingerprint density at radius 1 is 1.48 bits per heavy atom. The largest absolute Gasteiger partial charge is 0.458 e. The lowest BCUT2D eigenvalue weighted by Crippen LogP contribution is -2.18. The van der Waals surface area contributed by atoms with Crippen molar-refractivity contribution in [1.29, 1.82) is 0 Å². The Hall–Kier alpha value is -2.21. The highest BCUT2D eigenvalue weighted by atomic mass is 19.1. The van der Waals surface area contributed by atoms with E-state index in [4.69, 9.17) is 9.47 Å². The number of ether oxygens (including phenoxy) is 2. The van der Waals surface area contributed by atoms with E-state index in [1.165, 1.54) is 16.8 Å². The molecule has 1 atom stereocenters. The Kier molecular flexibility index (Phi) is 3.96. The van der Waals surface area contributed by atoms with Gasteiger partial charge in [-0.15, -0.1) is 0 Å². The standard InChI is InChI=1S/C15H15FN2O3/c16-11-3-1-4-12(9-11)18-7-6-14(17-18)15(19)21-10-13-5-2-8-20-13/h1,3-4,6-7,9,13H,2,5,8,10H2. The number of hydrogen-bond donors (Lipinski definition) is 0. The van der Waals surface area contributed by atoms with Crippen LogP contribution in [0.15, 0.2) is 36.5 Å². The molecule has 1 saturated heterocycles. The molecule has 110 valence electrons. The lowest BCUT2D eigenvalue weighted by molar-refractivity contribution is 0.0156. The average Bonchev–Trinajstić information content (AvgIpc) is 3.16. The molecule has 21 heavy (non-hydrogen) atoms. The van der Waals surface area contributed by atoms with Gasteiger partial charge in [-0.25, -0.2) is 13.9 Å². The quantitative estimate of drug-likeness (QED) is 0.811. The van der Waals surface area contributed by atoms with E-state index in [0.717, 1.165) is 19.4 Å². The van der Waals surface area contributed by atoms with Crippen molar-refractivity contribution >= 4 is 5.97 Å². The molecule has 1 fully saturated rings.